The average Bonchev–Trinajstić information content (AvgIpc) is 1.89. The molecule has 3 nitrogen and oxygen atoms in total. The van der Waals surface area contributed by atoms with Crippen LogP contribution in [0.1, 0.15) is 12.8 Å². The molecule has 1 aliphatic carbocycles. The Bertz CT molecular complexity index is 211. The van der Waals surface area contributed by atoms with Crippen molar-refractivity contribution in [1.29, 1.82) is 0 Å². The summed E-state index contributed by atoms with van der Waals surface area (Å²) < 4.78 is 0. The lowest BCUT2D eigenvalue weighted by atomic mass is 10.1. The molecule has 0 aromatic carbocycles. The maximum Gasteiger partial charge on any atom is 0.338 e. The van der Waals surface area contributed by atoms with Crippen LogP contribution in [0.15, 0.2) is 12.2 Å². The number of carbonyl (C=O) groups is 1. The topological polar surface area (TPSA) is 53.5 Å². The fourth-order valence-corrected chi connectivity index (χ4v) is 0.729. The van der Waals surface area contributed by atoms with Crippen molar-refractivity contribution in [3.8, 4) is 0 Å². The van der Waals surface area contributed by atoms with Crippen LogP contribution in [0.3, 0.4) is 0 Å². The highest BCUT2D eigenvalue weighted by Gasteiger charge is 2.18. The number of ketones is 1. The molecule has 0 atom stereocenters. The van der Waals surface area contributed by atoms with Gasteiger partial charge >= 0.3 is 5.71 Å². The lowest BCUT2D eigenvalue weighted by Crippen LogP contribution is -2.14. The van der Waals surface area contributed by atoms with Crippen molar-refractivity contribution < 1.29 is 9.58 Å². The van der Waals surface area contributed by atoms with Gasteiger partial charge in [-0.2, -0.15) is 4.79 Å². The molecule has 0 unspecified atom stereocenters. The van der Waals surface area contributed by atoms with Gasteiger partial charge < -0.3 is 5.53 Å². The van der Waals surface area contributed by atoms with Gasteiger partial charge in [0, 0.05) is 0 Å². The minimum atomic E-state index is -0.177. The molecule has 0 bridgehead atoms. The van der Waals surface area contributed by atoms with Gasteiger partial charge in [0.05, 0.1) is 6.42 Å². The summed E-state index contributed by atoms with van der Waals surface area (Å²) in [4.78, 5) is 13.5. The molecule has 46 valence electrons. The zero-order valence-corrected chi connectivity index (χ0v) is 4.87. The molecule has 0 N–H and O–H groups in total. The molecule has 1 rings (SSSR count). The molecule has 9 heavy (non-hydrogen) atoms. The summed E-state index contributed by atoms with van der Waals surface area (Å²) >= 11 is 0. The Morgan fingerprint density at radius 1 is 1.67 bits per heavy atom. The van der Waals surface area contributed by atoms with Crippen LogP contribution in [-0.4, -0.2) is 16.3 Å². The van der Waals surface area contributed by atoms with Crippen LogP contribution in [0, 0.1) is 0 Å². The van der Waals surface area contributed by atoms with E-state index in [-0.39, 0.29) is 11.5 Å². The van der Waals surface area contributed by atoms with Gasteiger partial charge in [-0.1, -0.05) is 6.08 Å². The number of hydrogen-bond acceptors (Lipinski definition) is 1. The summed E-state index contributed by atoms with van der Waals surface area (Å²) in [6, 6.07) is 0. The SMILES string of the molecule is [N-]=[N+]=C1CCC=CC1=O. The quantitative estimate of drug-likeness (QED) is 0.342. The minimum Gasteiger partial charge on any atom is -0.361 e. The molecule has 1 aliphatic rings. The Kier molecular flexibility index (Phi) is 1.56. The summed E-state index contributed by atoms with van der Waals surface area (Å²) in [6.45, 7) is 0. The molecular weight excluding hydrogens is 116 g/mol. The van der Waals surface area contributed by atoms with E-state index in [9.17, 15) is 4.79 Å². The van der Waals surface area contributed by atoms with Crippen LogP contribution >= 0.6 is 0 Å². The monoisotopic (exact) mass is 122 g/mol. The molecule has 0 saturated heterocycles. The number of nitrogens with zero attached hydrogens (tertiary/aromatic N) is 2. The number of allylic oxidation sites excluding steroid dienone is 2. The first-order valence-corrected chi connectivity index (χ1v) is 2.76. The predicted molar refractivity (Wildman–Crippen MR) is 32.0 cm³/mol. The molecule has 0 radical (unpaired) electrons. The minimum absolute atomic E-state index is 0.177. The summed E-state index contributed by atoms with van der Waals surface area (Å²) in [5.41, 5.74) is 8.46. The highest BCUT2D eigenvalue weighted by molar-refractivity contribution is 6.42. The first-order valence-electron chi connectivity index (χ1n) is 2.76. The van der Waals surface area contributed by atoms with Gasteiger partial charge in [-0.15, -0.1) is 0 Å². The zero-order valence-electron chi connectivity index (χ0n) is 4.87. The van der Waals surface area contributed by atoms with Crippen molar-refractivity contribution in [2.24, 2.45) is 0 Å². The average molecular weight is 122 g/mol. The highest BCUT2D eigenvalue weighted by atomic mass is 16.1. The van der Waals surface area contributed by atoms with Crippen LogP contribution in [0.5, 0.6) is 0 Å². The Morgan fingerprint density at radius 2 is 2.44 bits per heavy atom. The fourth-order valence-electron chi connectivity index (χ4n) is 0.729. The van der Waals surface area contributed by atoms with E-state index in [0.29, 0.717) is 6.42 Å². The van der Waals surface area contributed by atoms with Crippen LogP contribution in [0.2, 0.25) is 0 Å². The van der Waals surface area contributed by atoms with E-state index in [1.165, 1.54) is 6.08 Å². The van der Waals surface area contributed by atoms with Crippen molar-refractivity contribution >= 4 is 11.5 Å². The van der Waals surface area contributed by atoms with Gasteiger partial charge in [-0.25, -0.2) is 0 Å². The third kappa shape index (κ3) is 1.12. The predicted octanol–water partition coefficient (Wildman–Crippen LogP) is 0.576. The fraction of sp³-hybridized carbons (Fsp3) is 0.333. The molecule has 0 fully saturated rings. The van der Waals surface area contributed by atoms with Gasteiger partial charge in [-0.3, -0.25) is 4.79 Å². The van der Waals surface area contributed by atoms with Crippen LogP contribution in [0.4, 0.5) is 0 Å². The van der Waals surface area contributed by atoms with E-state index < -0.39 is 0 Å². The van der Waals surface area contributed by atoms with E-state index in [2.05, 4.69) is 4.79 Å². The number of carbonyl (C=O) groups excluding carboxylic acids is 1. The Balaban J connectivity index is 2.91. The normalized spacial score (nSPS) is 17.8. The van der Waals surface area contributed by atoms with Gasteiger partial charge in [0.15, 0.2) is 0 Å². The van der Waals surface area contributed by atoms with E-state index in [4.69, 9.17) is 5.53 Å². The van der Waals surface area contributed by atoms with E-state index in [0.717, 1.165) is 6.42 Å². The third-order valence-corrected chi connectivity index (χ3v) is 1.22. The largest absolute Gasteiger partial charge is 0.361 e. The van der Waals surface area contributed by atoms with Crippen molar-refractivity contribution in [1.82, 2.24) is 0 Å². The first-order chi connectivity index (χ1) is 4.34. The molecule has 3 heteroatoms. The summed E-state index contributed by atoms with van der Waals surface area (Å²) in [6.07, 6.45) is 4.56. The van der Waals surface area contributed by atoms with Gasteiger partial charge in [0.1, 0.15) is 0 Å². The summed E-state index contributed by atoms with van der Waals surface area (Å²) in [5, 5.41) is 0. The zero-order chi connectivity index (χ0) is 6.69. The second-order valence-corrected chi connectivity index (χ2v) is 1.85. The molecule has 0 aliphatic heterocycles. The van der Waals surface area contributed by atoms with Gasteiger partial charge in [-0.05, 0) is 12.5 Å². The standard InChI is InChI=1S/C6H6N2O/c7-8-5-3-1-2-4-6(5)9/h2,4H,1,3H2. The molecule has 0 saturated carbocycles. The lowest BCUT2D eigenvalue weighted by Gasteiger charge is -1.93. The van der Waals surface area contributed by atoms with E-state index >= 15 is 0 Å². The van der Waals surface area contributed by atoms with Gasteiger partial charge in [0.2, 0.25) is 0 Å². The van der Waals surface area contributed by atoms with E-state index in [1.807, 2.05) is 0 Å². The van der Waals surface area contributed by atoms with Gasteiger partial charge in [0.25, 0.3) is 5.78 Å². The Morgan fingerprint density at radius 3 is 2.89 bits per heavy atom. The second-order valence-electron chi connectivity index (χ2n) is 1.85. The molecular formula is C6H6N2O. The molecule has 0 heterocycles. The molecule has 0 aromatic heterocycles. The number of rotatable bonds is 0. The molecule has 0 aromatic rings. The number of hydrogen-bond donors (Lipinski definition) is 0. The molecule has 0 spiro atoms. The molecule has 0 amide bonds. The maximum atomic E-state index is 10.6. The smallest absolute Gasteiger partial charge is 0.338 e. The summed E-state index contributed by atoms with van der Waals surface area (Å²) in [5.74, 6) is -0.177. The van der Waals surface area contributed by atoms with Crippen LogP contribution < -0.4 is 0 Å². The summed E-state index contributed by atoms with van der Waals surface area (Å²) in [7, 11) is 0. The van der Waals surface area contributed by atoms with Crippen molar-refractivity contribution in [2.45, 2.75) is 12.8 Å². The lowest BCUT2D eigenvalue weighted by molar-refractivity contribution is -0.113. The second kappa shape index (κ2) is 2.37. The van der Waals surface area contributed by atoms with Crippen molar-refractivity contribution in [3.05, 3.63) is 17.7 Å². The first kappa shape index (κ1) is 5.92. The van der Waals surface area contributed by atoms with Crippen molar-refractivity contribution in [3.63, 3.8) is 0 Å². The van der Waals surface area contributed by atoms with Crippen LogP contribution in [0.25, 0.3) is 5.53 Å². The Labute approximate surface area is 52.6 Å². The Hall–Kier alpha value is -1.21. The third-order valence-electron chi connectivity index (χ3n) is 1.22. The maximum absolute atomic E-state index is 10.6. The van der Waals surface area contributed by atoms with Crippen molar-refractivity contribution in [2.75, 3.05) is 0 Å². The van der Waals surface area contributed by atoms with Crippen LogP contribution in [-0.2, 0) is 4.79 Å². The van der Waals surface area contributed by atoms with E-state index in [1.54, 1.807) is 6.08 Å². The highest BCUT2D eigenvalue weighted by Crippen LogP contribution is 2.01.